The van der Waals surface area contributed by atoms with Crippen LogP contribution in [0.1, 0.15) is 76.4 Å². The number of nitrogens with one attached hydrogen (secondary N) is 1. The van der Waals surface area contributed by atoms with E-state index in [-0.39, 0.29) is 6.10 Å². The second-order valence-corrected chi connectivity index (χ2v) is 8.12. The number of benzene rings is 1. The SMILES string of the molecule is CCCCOc1ccc2c(c1)C1OCCC[C@H]1[C@@H](C1CCCCC1)N2. The number of unbranched alkanes of at least 4 members (excludes halogenated alkanes) is 1. The zero-order valence-corrected chi connectivity index (χ0v) is 15.6. The molecule has 0 radical (unpaired) electrons. The van der Waals surface area contributed by atoms with Gasteiger partial charge in [0.2, 0.25) is 0 Å². The van der Waals surface area contributed by atoms with Crippen LogP contribution in [0.4, 0.5) is 5.69 Å². The molecule has 1 unspecified atom stereocenters. The molecule has 1 saturated heterocycles. The zero-order chi connectivity index (χ0) is 17.1. The molecule has 0 amide bonds. The predicted octanol–water partition coefficient (Wildman–Crippen LogP) is 5.71. The van der Waals surface area contributed by atoms with E-state index < -0.39 is 0 Å². The van der Waals surface area contributed by atoms with E-state index in [4.69, 9.17) is 9.47 Å². The fourth-order valence-corrected chi connectivity index (χ4v) is 5.07. The maximum atomic E-state index is 6.31. The molecule has 1 aromatic rings. The number of fused-ring (bicyclic) bond motifs is 3. The average molecular weight is 344 g/mol. The molecule has 2 aliphatic heterocycles. The smallest absolute Gasteiger partial charge is 0.119 e. The van der Waals surface area contributed by atoms with E-state index in [9.17, 15) is 0 Å². The molecule has 0 aromatic heterocycles. The summed E-state index contributed by atoms with van der Waals surface area (Å²) in [6.45, 7) is 3.91. The molecule has 3 atom stereocenters. The van der Waals surface area contributed by atoms with Gasteiger partial charge in [-0.1, -0.05) is 32.6 Å². The van der Waals surface area contributed by atoms with E-state index in [1.54, 1.807) is 0 Å². The lowest BCUT2D eigenvalue weighted by Gasteiger charge is -2.47. The van der Waals surface area contributed by atoms with Crippen molar-refractivity contribution in [1.82, 2.24) is 0 Å². The number of anilines is 1. The van der Waals surface area contributed by atoms with E-state index in [0.717, 1.165) is 31.3 Å². The van der Waals surface area contributed by atoms with Gasteiger partial charge in [-0.05, 0) is 56.2 Å². The fraction of sp³-hybridized carbons (Fsp3) is 0.727. The van der Waals surface area contributed by atoms with E-state index in [1.165, 1.54) is 62.6 Å². The monoisotopic (exact) mass is 343 g/mol. The molecular weight excluding hydrogens is 310 g/mol. The number of rotatable bonds is 5. The van der Waals surface area contributed by atoms with Crippen molar-refractivity contribution in [3.63, 3.8) is 0 Å². The van der Waals surface area contributed by atoms with Gasteiger partial charge in [0.15, 0.2) is 0 Å². The summed E-state index contributed by atoms with van der Waals surface area (Å²) in [5.74, 6) is 2.44. The van der Waals surface area contributed by atoms with Gasteiger partial charge in [0.25, 0.3) is 0 Å². The Kier molecular flexibility index (Phi) is 5.50. The van der Waals surface area contributed by atoms with Crippen molar-refractivity contribution in [2.45, 2.75) is 76.9 Å². The highest BCUT2D eigenvalue weighted by Gasteiger charge is 2.42. The van der Waals surface area contributed by atoms with Crippen LogP contribution in [0.5, 0.6) is 5.75 Å². The lowest BCUT2D eigenvalue weighted by Crippen LogP contribution is -2.46. The van der Waals surface area contributed by atoms with Crippen molar-refractivity contribution >= 4 is 5.69 Å². The first-order chi connectivity index (χ1) is 12.4. The molecule has 1 N–H and O–H groups in total. The van der Waals surface area contributed by atoms with Gasteiger partial charge in [-0.15, -0.1) is 0 Å². The molecule has 2 heterocycles. The Hall–Kier alpha value is -1.22. The molecule has 4 rings (SSSR count). The van der Waals surface area contributed by atoms with Gasteiger partial charge in [0, 0.05) is 29.8 Å². The Balaban J connectivity index is 1.57. The quantitative estimate of drug-likeness (QED) is 0.695. The lowest BCUT2D eigenvalue weighted by molar-refractivity contribution is -0.0459. The minimum absolute atomic E-state index is 0.256. The number of hydrogen-bond donors (Lipinski definition) is 1. The fourth-order valence-electron chi connectivity index (χ4n) is 5.07. The second kappa shape index (κ2) is 7.99. The molecule has 2 fully saturated rings. The largest absolute Gasteiger partial charge is 0.494 e. The maximum absolute atomic E-state index is 6.31. The topological polar surface area (TPSA) is 30.5 Å². The molecule has 3 aliphatic rings. The van der Waals surface area contributed by atoms with Crippen LogP contribution in [-0.4, -0.2) is 19.3 Å². The summed E-state index contributed by atoms with van der Waals surface area (Å²) in [6.07, 6.45) is 12.0. The van der Waals surface area contributed by atoms with Crippen LogP contribution in [0.2, 0.25) is 0 Å². The van der Waals surface area contributed by atoms with E-state index in [2.05, 4.69) is 30.4 Å². The van der Waals surface area contributed by atoms with Crippen molar-refractivity contribution < 1.29 is 9.47 Å². The van der Waals surface area contributed by atoms with Crippen LogP contribution in [0, 0.1) is 11.8 Å². The summed E-state index contributed by atoms with van der Waals surface area (Å²) >= 11 is 0. The van der Waals surface area contributed by atoms with Crippen LogP contribution in [-0.2, 0) is 4.74 Å². The molecule has 3 heteroatoms. The summed E-state index contributed by atoms with van der Waals surface area (Å²) in [6, 6.07) is 7.17. The summed E-state index contributed by atoms with van der Waals surface area (Å²) in [7, 11) is 0. The minimum atomic E-state index is 0.256. The minimum Gasteiger partial charge on any atom is -0.494 e. The van der Waals surface area contributed by atoms with Gasteiger partial charge in [-0.25, -0.2) is 0 Å². The Labute approximate surface area is 152 Å². The highest BCUT2D eigenvalue weighted by Crippen LogP contribution is 2.48. The second-order valence-electron chi connectivity index (χ2n) is 8.12. The molecule has 138 valence electrons. The van der Waals surface area contributed by atoms with Crippen molar-refractivity contribution in [2.24, 2.45) is 11.8 Å². The van der Waals surface area contributed by atoms with E-state index >= 15 is 0 Å². The third-order valence-electron chi connectivity index (χ3n) is 6.41. The van der Waals surface area contributed by atoms with Crippen LogP contribution in [0.3, 0.4) is 0 Å². The molecule has 25 heavy (non-hydrogen) atoms. The van der Waals surface area contributed by atoms with Crippen LogP contribution >= 0.6 is 0 Å². The van der Waals surface area contributed by atoms with Crippen LogP contribution in [0.25, 0.3) is 0 Å². The Bertz CT molecular complexity index is 567. The van der Waals surface area contributed by atoms with Crippen molar-refractivity contribution in [3.05, 3.63) is 23.8 Å². The summed E-state index contributed by atoms with van der Waals surface area (Å²) < 4.78 is 12.3. The van der Waals surface area contributed by atoms with Gasteiger partial charge in [0.1, 0.15) is 5.75 Å². The average Bonchev–Trinajstić information content (AvgIpc) is 2.68. The van der Waals surface area contributed by atoms with Gasteiger partial charge < -0.3 is 14.8 Å². The highest BCUT2D eigenvalue weighted by molar-refractivity contribution is 5.58. The van der Waals surface area contributed by atoms with Gasteiger partial charge in [-0.2, -0.15) is 0 Å². The third kappa shape index (κ3) is 3.67. The normalized spacial score (nSPS) is 29.4. The van der Waals surface area contributed by atoms with Gasteiger partial charge in [0.05, 0.1) is 12.7 Å². The molecule has 3 nitrogen and oxygen atoms in total. The first kappa shape index (κ1) is 17.2. The molecule has 0 spiro atoms. The first-order valence-electron chi connectivity index (χ1n) is 10.5. The van der Waals surface area contributed by atoms with E-state index in [0.29, 0.717) is 12.0 Å². The standard InChI is InChI=1S/C22H33NO2/c1-2-3-13-24-17-11-12-20-19(15-17)22-18(10-7-14-25-22)21(23-20)16-8-5-4-6-9-16/h11-12,15-16,18,21-23H,2-10,13-14H2,1H3/t18-,21+,22?/m0/s1. The van der Waals surface area contributed by atoms with Crippen molar-refractivity contribution in [3.8, 4) is 5.75 Å². The number of hydrogen-bond acceptors (Lipinski definition) is 3. The number of ether oxygens (including phenoxy) is 2. The molecule has 1 aliphatic carbocycles. The molecule has 0 bridgehead atoms. The predicted molar refractivity (Wildman–Crippen MR) is 102 cm³/mol. The summed E-state index contributed by atoms with van der Waals surface area (Å²) in [5.41, 5.74) is 2.60. The van der Waals surface area contributed by atoms with Gasteiger partial charge in [-0.3, -0.25) is 0 Å². The van der Waals surface area contributed by atoms with Crippen LogP contribution in [0.15, 0.2) is 18.2 Å². The lowest BCUT2D eigenvalue weighted by atomic mass is 9.71. The van der Waals surface area contributed by atoms with Gasteiger partial charge >= 0.3 is 0 Å². The summed E-state index contributed by atoms with van der Waals surface area (Å²) in [5, 5.41) is 3.92. The summed E-state index contributed by atoms with van der Waals surface area (Å²) in [4.78, 5) is 0. The molecular formula is C22H33NO2. The maximum Gasteiger partial charge on any atom is 0.119 e. The Morgan fingerprint density at radius 1 is 1.12 bits per heavy atom. The Morgan fingerprint density at radius 3 is 2.84 bits per heavy atom. The molecule has 1 aromatic carbocycles. The zero-order valence-electron chi connectivity index (χ0n) is 15.6. The van der Waals surface area contributed by atoms with Crippen molar-refractivity contribution in [1.29, 1.82) is 0 Å². The van der Waals surface area contributed by atoms with E-state index in [1.807, 2.05) is 0 Å². The highest BCUT2D eigenvalue weighted by atomic mass is 16.5. The van der Waals surface area contributed by atoms with Crippen LogP contribution < -0.4 is 10.1 Å². The molecule has 1 saturated carbocycles. The Morgan fingerprint density at radius 2 is 2.00 bits per heavy atom. The van der Waals surface area contributed by atoms with Crippen molar-refractivity contribution in [2.75, 3.05) is 18.5 Å². The third-order valence-corrected chi connectivity index (χ3v) is 6.41. The first-order valence-corrected chi connectivity index (χ1v) is 10.5.